The van der Waals surface area contributed by atoms with Crippen molar-refractivity contribution in [3.63, 3.8) is 0 Å². The van der Waals surface area contributed by atoms with Crippen molar-refractivity contribution in [1.82, 2.24) is 19.2 Å². The van der Waals surface area contributed by atoms with Gasteiger partial charge in [0.25, 0.3) is 0 Å². The predicted molar refractivity (Wildman–Crippen MR) is 87.5 cm³/mol. The molecule has 1 atom stereocenters. The molecule has 23 heavy (non-hydrogen) atoms. The molecule has 7 nitrogen and oxygen atoms in total. The molecule has 2 aliphatic heterocycles. The first-order chi connectivity index (χ1) is 11.1. The van der Waals surface area contributed by atoms with Gasteiger partial charge in [-0.05, 0) is 25.3 Å². The molecule has 1 aromatic rings. The molecule has 0 aliphatic carbocycles. The second kappa shape index (κ2) is 7.29. The molecule has 3 heterocycles. The predicted octanol–water partition coefficient (Wildman–Crippen LogP) is 0.845. The van der Waals surface area contributed by atoms with Gasteiger partial charge in [0.1, 0.15) is 5.82 Å². The van der Waals surface area contributed by atoms with Crippen LogP contribution in [0.1, 0.15) is 31.6 Å². The van der Waals surface area contributed by atoms with Crippen LogP contribution in [0.25, 0.3) is 0 Å². The van der Waals surface area contributed by atoms with Crippen molar-refractivity contribution in [1.29, 1.82) is 0 Å². The van der Waals surface area contributed by atoms with Gasteiger partial charge >= 0.3 is 0 Å². The van der Waals surface area contributed by atoms with Crippen LogP contribution in [0.15, 0.2) is 12.4 Å². The molecule has 1 aromatic heterocycles. The fourth-order valence-electron chi connectivity index (χ4n) is 3.46. The average Bonchev–Trinajstić information content (AvgIpc) is 3.09. The van der Waals surface area contributed by atoms with Crippen molar-refractivity contribution in [3.8, 4) is 0 Å². The third-order valence-electron chi connectivity index (χ3n) is 4.88. The van der Waals surface area contributed by atoms with E-state index in [1.54, 1.807) is 16.7 Å². The molecule has 130 valence electrons. The number of aromatic nitrogens is 2. The second-order valence-corrected chi connectivity index (χ2v) is 8.32. The van der Waals surface area contributed by atoms with E-state index in [0.717, 1.165) is 31.8 Å². The average molecular weight is 342 g/mol. The van der Waals surface area contributed by atoms with Crippen LogP contribution >= 0.6 is 0 Å². The first-order valence-corrected chi connectivity index (χ1v) is 10.00. The number of imidazole rings is 1. The number of aromatic amines is 1. The summed E-state index contributed by atoms with van der Waals surface area (Å²) in [5.74, 6) is 1.31. The van der Waals surface area contributed by atoms with Gasteiger partial charge in [-0.15, -0.1) is 0 Å². The Balaban J connectivity index is 1.69. The number of piperazine rings is 1. The van der Waals surface area contributed by atoms with Gasteiger partial charge in [0.05, 0.1) is 11.8 Å². The van der Waals surface area contributed by atoms with E-state index in [1.165, 1.54) is 0 Å². The number of likely N-dealkylation sites (N-methyl/N-ethyl adjacent to an activating group) is 1. The van der Waals surface area contributed by atoms with E-state index in [1.807, 2.05) is 0 Å². The smallest absolute Gasteiger partial charge is 0.214 e. The molecule has 0 aromatic carbocycles. The van der Waals surface area contributed by atoms with Crippen molar-refractivity contribution < 1.29 is 13.2 Å². The number of hydrogen-bond donors (Lipinski definition) is 1. The van der Waals surface area contributed by atoms with Crippen molar-refractivity contribution in [3.05, 3.63) is 18.2 Å². The van der Waals surface area contributed by atoms with Crippen molar-refractivity contribution in [2.45, 2.75) is 25.8 Å². The summed E-state index contributed by atoms with van der Waals surface area (Å²) in [7, 11) is -3.23. The summed E-state index contributed by atoms with van der Waals surface area (Å²) in [4.78, 5) is 9.75. The summed E-state index contributed by atoms with van der Waals surface area (Å²) in [6.07, 6.45) is 5.20. The minimum Gasteiger partial charge on any atom is -0.381 e. The number of ether oxygens (including phenoxy) is 1. The maximum absolute atomic E-state index is 12.8. The standard InChI is InChI=1S/C15H26N4O3S/c1-2-18-7-8-19(11-14(18)15-16-5-6-17-15)23(20,21)12-13-3-9-22-10-4-13/h5-6,13-14H,2-4,7-12H2,1H3,(H,16,17)/t14-/m1/s1. The van der Waals surface area contributed by atoms with Crippen LogP contribution in [0.3, 0.4) is 0 Å². The number of hydrogen-bond acceptors (Lipinski definition) is 5. The van der Waals surface area contributed by atoms with E-state index in [2.05, 4.69) is 21.8 Å². The first kappa shape index (κ1) is 16.9. The summed E-state index contributed by atoms with van der Waals surface area (Å²) in [6.45, 7) is 6.14. The zero-order valence-corrected chi connectivity index (χ0v) is 14.5. The lowest BCUT2D eigenvalue weighted by Gasteiger charge is -2.39. The van der Waals surface area contributed by atoms with E-state index in [4.69, 9.17) is 4.74 Å². The zero-order valence-electron chi connectivity index (χ0n) is 13.6. The maximum Gasteiger partial charge on any atom is 0.214 e. The Morgan fingerprint density at radius 3 is 2.78 bits per heavy atom. The highest BCUT2D eigenvalue weighted by Crippen LogP contribution is 2.26. The highest BCUT2D eigenvalue weighted by molar-refractivity contribution is 7.89. The lowest BCUT2D eigenvalue weighted by atomic mass is 10.0. The van der Waals surface area contributed by atoms with Crippen LogP contribution in [0.2, 0.25) is 0 Å². The molecule has 2 saturated heterocycles. The third kappa shape index (κ3) is 3.93. The van der Waals surface area contributed by atoms with E-state index in [9.17, 15) is 8.42 Å². The topological polar surface area (TPSA) is 78.5 Å². The number of sulfonamides is 1. The quantitative estimate of drug-likeness (QED) is 0.858. The molecule has 0 saturated carbocycles. The SMILES string of the molecule is CCN1CCN(S(=O)(=O)CC2CCOCC2)C[C@@H]1c1ncc[nH]1. The Morgan fingerprint density at radius 2 is 2.13 bits per heavy atom. The number of rotatable bonds is 5. The van der Waals surface area contributed by atoms with Crippen LogP contribution in [-0.4, -0.2) is 72.7 Å². The zero-order chi connectivity index (χ0) is 16.3. The monoisotopic (exact) mass is 342 g/mol. The van der Waals surface area contributed by atoms with Gasteiger partial charge in [-0.25, -0.2) is 13.4 Å². The van der Waals surface area contributed by atoms with Crippen LogP contribution in [0.5, 0.6) is 0 Å². The van der Waals surface area contributed by atoms with Crippen molar-refractivity contribution in [2.75, 3.05) is 45.1 Å². The van der Waals surface area contributed by atoms with Crippen LogP contribution in [0.4, 0.5) is 0 Å². The Bertz CT molecular complexity index is 584. The highest BCUT2D eigenvalue weighted by Gasteiger charge is 2.35. The van der Waals surface area contributed by atoms with E-state index >= 15 is 0 Å². The van der Waals surface area contributed by atoms with Gasteiger partial charge in [-0.2, -0.15) is 4.31 Å². The molecule has 8 heteroatoms. The van der Waals surface area contributed by atoms with Gasteiger partial charge < -0.3 is 9.72 Å². The Morgan fingerprint density at radius 1 is 1.35 bits per heavy atom. The maximum atomic E-state index is 12.8. The van der Waals surface area contributed by atoms with Gasteiger partial charge in [0.2, 0.25) is 10.0 Å². The van der Waals surface area contributed by atoms with Gasteiger partial charge in [-0.3, -0.25) is 4.90 Å². The van der Waals surface area contributed by atoms with Crippen LogP contribution < -0.4 is 0 Å². The lowest BCUT2D eigenvalue weighted by molar-refractivity contribution is 0.0714. The summed E-state index contributed by atoms with van der Waals surface area (Å²) >= 11 is 0. The van der Waals surface area contributed by atoms with Gasteiger partial charge in [-0.1, -0.05) is 6.92 Å². The van der Waals surface area contributed by atoms with Crippen molar-refractivity contribution in [2.24, 2.45) is 5.92 Å². The first-order valence-electron chi connectivity index (χ1n) is 8.39. The molecule has 0 unspecified atom stereocenters. The fraction of sp³-hybridized carbons (Fsp3) is 0.800. The normalized spacial score (nSPS) is 25.7. The van der Waals surface area contributed by atoms with Gasteiger partial charge in [0.15, 0.2) is 0 Å². The van der Waals surface area contributed by atoms with Crippen LogP contribution in [0, 0.1) is 5.92 Å². The molecule has 3 rings (SSSR count). The molecular weight excluding hydrogens is 316 g/mol. The Labute approximate surface area is 138 Å². The Kier molecular flexibility index (Phi) is 5.35. The summed E-state index contributed by atoms with van der Waals surface area (Å²) < 4.78 is 32.6. The van der Waals surface area contributed by atoms with E-state index in [0.29, 0.717) is 26.3 Å². The highest BCUT2D eigenvalue weighted by atomic mass is 32.2. The third-order valence-corrected chi connectivity index (χ3v) is 6.89. The molecule has 0 bridgehead atoms. The molecule has 0 amide bonds. The molecule has 1 N–H and O–H groups in total. The minimum atomic E-state index is -3.23. The largest absolute Gasteiger partial charge is 0.381 e. The molecule has 0 radical (unpaired) electrons. The van der Waals surface area contributed by atoms with Crippen molar-refractivity contribution >= 4 is 10.0 Å². The lowest BCUT2D eigenvalue weighted by Crippen LogP contribution is -2.51. The van der Waals surface area contributed by atoms with Crippen LogP contribution in [-0.2, 0) is 14.8 Å². The fourth-order valence-corrected chi connectivity index (χ4v) is 5.33. The van der Waals surface area contributed by atoms with E-state index in [-0.39, 0.29) is 17.7 Å². The summed E-state index contributed by atoms with van der Waals surface area (Å²) in [5.41, 5.74) is 0. The summed E-state index contributed by atoms with van der Waals surface area (Å²) in [5, 5.41) is 0. The molecule has 0 spiro atoms. The number of H-pyrrole nitrogens is 1. The molecule has 2 aliphatic rings. The van der Waals surface area contributed by atoms with E-state index < -0.39 is 10.0 Å². The number of nitrogens with zero attached hydrogens (tertiary/aromatic N) is 3. The number of nitrogens with one attached hydrogen (secondary N) is 1. The van der Waals surface area contributed by atoms with Gasteiger partial charge in [0, 0.05) is 45.2 Å². The molecular formula is C15H26N4O3S. The second-order valence-electron chi connectivity index (χ2n) is 6.31. The Hall–Kier alpha value is -0.960. The summed E-state index contributed by atoms with van der Waals surface area (Å²) in [6, 6.07) is 0.00761. The molecule has 2 fully saturated rings. The minimum absolute atomic E-state index is 0.00761.